The number of amides is 1. The first kappa shape index (κ1) is 13.7. The van der Waals surface area contributed by atoms with E-state index in [1.165, 1.54) is 13.2 Å². The van der Waals surface area contributed by atoms with Gasteiger partial charge in [-0.05, 0) is 44.5 Å². The molecular formula is C14H20N2O3. The van der Waals surface area contributed by atoms with E-state index in [0.29, 0.717) is 17.9 Å². The van der Waals surface area contributed by atoms with E-state index in [1.807, 2.05) is 0 Å². The standard InChI is InChI=1S/C14H20N2O3/c1-14(6-3-7-16-14)9-15-13(18)10-4-5-12(19-2)11(17)8-10/h4-5,8,16-17H,3,6-7,9H2,1-2H3,(H,15,18). The third-order valence-electron chi connectivity index (χ3n) is 3.54. The van der Waals surface area contributed by atoms with Crippen molar-refractivity contribution in [1.29, 1.82) is 0 Å². The van der Waals surface area contributed by atoms with Gasteiger partial charge in [-0.15, -0.1) is 0 Å². The van der Waals surface area contributed by atoms with Crippen LogP contribution in [0.2, 0.25) is 0 Å². The molecule has 1 atom stereocenters. The molecule has 0 spiro atoms. The smallest absolute Gasteiger partial charge is 0.251 e. The third-order valence-corrected chi connectivity index (χ3v) is 3.54. The molecule has 1 aromatic carbocycles. The van der Waals surface area contributed by atoms with Gasteiger partial charge in [0.05, 0.1) is 7.11 Å². The number of rotatable bonds is 4. The van der Waals surface area contributed by atoms with Crippen molar-refractivity contribution in [3.63, 3.8) is 0 Å². The van der Waals surface area contributed by atoms with Gasteiger partial charge in [-0.1, -0.05) is 0 Å². The van der Waals surface area contributed by atoms with Crippen molar-refractivity contribution in [2.24, 2.45) is 0 Å². The summed E-state index contributed by atoms with van der Waals surface area (Å²) in [5.41, 5.74) is 0.407. The summed E-state index contributed by atoms with van der Waals surface area (Å²) >= 11 is 0. The number of carbonyl (C=O) groups is 1. The topological polar surface area (TPSA) is 70.6 Å². The van der Waals surface area contributed by atoms with Crippen molar-refractivity contribution in [3.05, 3.63) is 23.8 Å². The van der Waals surface area contributed by atoms with E-state index in [1.54, 1.807) is 12.1 Å². The second-order valence-corrected chi connectivity index (χ2v) is 5.16. The highest BCUT2D eigenvalue weighted by atomic mass is 16.5. The molecule has 1 saturated heterocycles. The molecule has 0 radical (unpaired) electrons. The quantitative estimate of drug-likeness (QED) is 0.766. The average Bonchev–Trinajstić information content (AvgIpc) is 2.83. The summed E-state index contributed by atoms with van der Waals surface area (Å²) in [7, 11) is 1.47. The lowest BCUT2D eigenvalue weighted by Gasteiger charge is -2.24. The van der Waals surface area contributed by atoms with Crippen LogP contribution in [0.25, 0.3) is 0 Å². The zero-order chi connectivity index (χ0) is 13.9. The van der Waals surface area contributed by atoms with Crippen molar-refractivity contribution in [2.75, 3.05) is 20.2 Å². The van der Waals surface area contributed by atoms with Crippen LogP contribution in [0.5, 0.6) is 11.5 Å². The highest BCUT2D eigenvalue weighted by Crippen LogP contribution is 2.26. The minimum absolute atomic E-state index is 0.0236. The zero-order valence-electron chi connectivity index (χ0n) is 11.3. The Bertz CT molecular complexity index is 468. The van der Waals surface area contributed by atoms with Crippen LogP contribution in [0.15, 0.2) is 18.2 Å². The van der Waals surface area contributed by atoms with Gasteiger partial charge in [0.15, 0.2) is 11.5 Å². The highest BCUT2D eigenvalue weighted by Gasteiger charge is 2.28. The van der Waals surface area contributed by atoms with Crippen LogP contribution in [0.3, 0.4) is 0 Å². The number of phenolic OH excluding ortho intramolecular Hbond substituents is 1. The molecule has 19 heavy (non-hydrogen) atoms. The van der Waals surface area contributed by atoms with E-state index in [2.05, 4.69) is 17.6 Å². The molecule has 0 saturated carbocycles. The summed E-state index contributed by atoms with van der Waals surface area (Å²) in [6.45, 7) is 3.68. The van der Waals surface area contributed by atoms with Crippen LogP contribution >= 0.6 is 0 Å². The molecule has 1 fully saturated rings. The second-order valence-electron chi connectivity index (χ2n) is 5.16. The van der Waals surface area contributed by atoms with Crippen LogP contribution in [0, 0.1) is 0 Å². The summed E-state index contributed by atoms with van der Waals surface area (Å²) in [4.78, 5) is 12.0. The Morgan fingerprint density at radius 2 is 2.37 bits per heavy atom. The first-order valence-corrected chi connectivity index (χ1v) is 6.44. The molecule has 1 amide bonds. The van der Waals surface area contributed by atoms with Gasteiger partial charge in [0.25, 0.3) is 5.91 Å². The van der Waals surface area contributed by atoms with Crippen molar-refractivity contribution in [1.82, 2.24) is 10.6 Å². The minimum atomic E-state index is -0.187. The van der Waals surface area contributed by atoms with E-state index in [9.17, 15) is 9.90 Å². The second kappa shape index (κ2) is 5.48. The van der Waals surface area contributed by atoms with E-state index in [0.717, 1.165) is 19.4 Å². The summed E-state index contributed by atoms with van der Waals surface area (Å²) in [6, 6.07) is 4.64. The maximum atomic E-state index is 12.0. The first-order valence-electron chi connectivity index (χ1n) is 6.44. The Hall–Kier alpha value is -1.75. The van der Waals surface area contributed by atoms with Gasteiger partial charge < -0.3 is 20.5 Å². The Kier molecular flexibility index (Phi) is 3.95. The lowest BCUT2D eigenvalue weighted by Crippen LogP contribution is -2.47. The molecular weight excluding hydrogens is 244 g/mol. The van der Waals surface area contributed by atoms with Crippen molar-refractivity contribution in [3.8, 4) is 11.5 Å². The molecule has 1 aromatic rings. The fourth-order valence-corrected chi connectivity index (χ4v) is 2.32. The summed E-state index contributed by atoms with van der Waals surface area (Å²) < 4.78 is 4.95. The number of phenols is 1. The van der Waals surface area contributed by atoms with Gasteiger partial charge in [0, 0.05) is 17.6 Å². The molecule has 0 aliphatic carbocycles. The van der Waals surface area contributed by atoms with E-state index < -0.39 is 0 Å². The summed E-state index contributed by atoms with van der Waals surface area (Å²) in [5.74, 6) is 0.147. The molecule has 5 heteroatoms. The SMILES string of the molecule is COc1ccc(C(=O)NCC2(C)CCCN2)cc1O. The van der Waals surface area contributed by atoms with Gasteiger partial charge in [0.1, 0.15) is 0 Å². The lowest BCUT2D eigenvalue weighted by atomic mass is 10.0. The summed E-state index contributed by atoms with van der Waals surface area (Å²) in [6.07, 6.45) is 2.19. The number of nitrogens with one attached hydrogen (secondary N) is 2. The Labute approximate surface area is 113 Å². The molecule has 1 heterocycles. The Balaban J connectivity index is 1.98. The van der Waals surface area contributed by atoms with Gasteiger partial charge in [-0.2, -0.15) is 0 Å². The highest BCUT2D eigenvalue weighted by molar-refractivity contribution is 5.94. The maximum absolute atomic E-state index is 12.0. The van der Waals surface area contributed by atoms with Crippen molar-refractivity contribution >= 4 is 5.91 Å². The molecule has 5 nitrogen and oxygen atoms in total. The molecule has 3 N–H and O–H groups in total. The number of methoxy groups -OCH3 is 1. The molecule has 1 aliphatic heterocycles. The molecule has 1 unspecified atom stereocenters. The number of aromatic hydroxyl groups is 1. The lowest BCUT2D eigenvalue weighted by molar-refractivity contribution is 0.0942. The van der Waals surface area contributed by atoms with Crippen LogP contribution < -0.4 is 15.4 Å². The number of ether oxygens (including phenoxy) is 1. The van der Waals surface area contributed by atoms with Gasteiger partial charge in [-0.25, -0.2) is 0 Å². The molecule has 2 rings (SSSR count). The van der Waals surface area contributed by atoms with Crippen molar-refractivity contribution in [2.45, 2.75) is 25.3 Å². The predicted octanol–water partition coefficient (Wildman–Crippen LogP) is 1.27. The van der Waals surface area contributed by atoms with Crippen LogP contribution in [0.1, 0.15) is 30.1 Å². The van der Waals surface area contributed by atoms with Crippen LogP contribution in [0.4, 0.5) is 0 Å². The zero-order valence-corrected chi connectivity index (χ0v) is 11.3. The minimum Gasteiger partial charge on any atom is -0.504 e. The van der Waals surface area contributed by atoms with E-state index in [-0.39, 0.29) is 17.2 Å². The van der Waals surface area contributed by atoms with E-state index >= 15 is 0 Å². The predicted molar refractivity (Wildman–Crippen MR) is 72.6 cm³/mol. The third kappa shape index (κ3) is 3.17. The molecule has 0 aromatic heterocycles. The van der Waals surface area contributed by atoms with Gasteiger partial charge in [0.2, 0.25) is 0 Å². The molecule has 104 valence electrons. The Morgan fingerprint density at radius 3 is 2.95 bits per heavy atom. The number of carbonyl (C=O) groups excluding carboxylic acids is 1. The molecule has 1 aliphatic rings. The fraction of sp³-hybridized carbons (Fsp3) is 0.500. The fourth-order valence-electron chi connectivity index (χ4n) is 2.32. The monoisotopic (exact) mass is 264 g/mol. The van der Waals surface area contributed by atoms with Crippen LogP contribution in [-0.4, -0.2) is 36.8 Å². The van der Waals surface area contributed by atoms with Gasteiger partial charge >= 0.3 is 0 Å². The van der Waals surface area contributed by atoms with Crippen LogP contribution in [-0.2, 0) is 0 Å². The average molecular weight is 264 g/mol. The first-order chi connectivity index (χ1) is 9.04. The molecule has 0 bridgehead atoms. The normalized spacial score (nSPS) is 22.2. The summed E-state index contributed by atoms with van der Waals surface area (Å²) in [5, 5.41) is 15.9. The number of hydrogen-bond acceptors (Lipinski definition) is 4. The Morgan fingerprint density at radius 1 is 1.58 bits per heavy atom. The number of hydrogen-bond donors (Lipinski definition) is 3. The maximum Gasteiger partial charge on any atom is 0.251 e. The van der Waals surface area contributed by atoms with Crippen molar-refractivity contribution < 1.29 is 14.6 Å². The van der Waals surface area contributed by atoms with E-state index in [4.69, 9.17) is 4.74 Å². The van der Waals surface area contributed by atoms with Gasteiger partial charge in [-0.3, -0.25) is 4.79 Å². The largest absolute Gasteiger partial charge is 0.504 e. The number of benzene rings is 1.